The number of anilines is 1. The second kappa shape index (κ2) is 5.87. The van der Waals surface area contributed by atoms with E-state index >= 15 is 0 Å². The summed E-state index contributed by atoms with van der Waals surface area (Å²) in [6.45, 7) is 3.44. The molecule has 2 aliphatic rings. The number of hydrogen-bond donors (Lipinski definition) is 1. The molecule has 3 rings (SSSR count). The lowest BCUT2D eigenvalue weighted by Gasteiger charge is -2.25. The highest BCUT2D eigenvalue weighted by atomic mass is 15.2. The van der Waals surface area contributed by atoms with Gasteiger partial charge in [0.05, 0.1) is 5.69 Å². The molecule has 2 heterocycles. The second-order valence-corrected chi connectivity index (χ2v) is 6.01. The summed E-state index contributed by atoms with van der Waals surface area (Å²) in [7, 11) is 2.12. The molecule has 1 N–H and O–H groups in total. The van der Waals surface area contributed by atoms with Crippen molar-refractivity contribution in [3.63, 3.8) is 0 Å². The lowest BCUT2D eigenvalue weighted by molar-refractivity contribution is 0.408. The van der Waals surface area contributed by atoms with Crippen molar-refractivity contribution in [2.75, 3.05) is 31.6 Å². The van der Waals surface area contributed by atoms with Gasteiger partial charge in [0.2, 0.25) is 0 Å². The summed E-state index contributed by atoms with van der Waals surface area (Å²) in [6, 6.07) is 4.30. The van der Waals surface area contributed by atoms with Gasteiger partial charge in [-0.15, -0.1) is 5.10 Å². The lowest BCUT2D eigenvalue weighted by atomic mass is 9.83. The molecule has 1 saturated carbocycles. The van der Waals surface area contributed by atoms with Crippen LogP contribution < -0.4 is 10.2 Å². The quantitative estimate of drug-likeness (QED) is 0.881. The van der Waals surface area contributed by atoms with E-state index in [0.717, 1.165) is 18.3 Å². The van der Waals surface area contributed by atoms with Crippen LogP contribution in [0, 0.1) is 5.92 Å². The van der Waals surface area contributed by atoms with E-state index < -0.39 is 0 Å². The minimum absolute atomic E-state index is 0.677. The minimum Gasteiger partial charge on any atom is -0.358 e. The number of nitrogens with one attached hydrogen (secondary N) is 1. The molecule has 4 heteroatoms. The van der Waals surface area contributed by atoms with Crippen LogP contribution in [0.25, 0.3) is 0 Å². The Labute approximate surface area is 115 Å². The molecule has 0 radical (unpaired) electrons. The Hall–Kier alpha value is -1.16. The van der Waals surface area contributed by atoms with Gasteiger partial charge < -0.3 is 10.2 Å². The first kappa shape index (κ1) is 12.9. The Balaban J connectivity index is 1.52. The third-order valence-electron chi connectivity index (χ3n) is 4.62. The van der Waals surface area contributed by atoms with Crippen molar-refractivity contribution in [2.24, 2.45) is 5.92 Å². The van der Waals surface area contributed by atoms with E-state index in [1.54, 1.807) is 0 Å². The average molecular weight is 260 g/mol. The molecule has 1 atom stereocenters. The van der Waals surface area contributed by atoms with E-state index in [1.165, 1.54) is 50.9 Å². The third kappa shape index (κ3) is 3.06. The topological polar surface area (TPSA) is 41.0 Å². The zero-order valence-electron chi connectivity index (χ0n) is 11.8. The van der Waals surface area contributed by atoms with Gasteiger partial charge in [-0.3, -0.25) is 0 Å². The van der Waals surface area contributed by atoms with Gasteiger partial charge in [-0.2, -0.15) is 5.10 Å². The van der Waals surface area contributed by atoms with Crippen molar-refractivity contribution in [1.82, 2.24) is 15.5 Å². The average Bonchev–Trinajstić information content (AvgIpc) is 2.88. The van der Waals surface area contributed by atoms with E-state index in [9.17, 15) is 0 Å². The van der Waals surface area contributed by atoms with Gasteiger partial charge in [-0.05, 0) is 56.8 Å². The van der Waals surface area contributed by atoms with Gasteiger partial charge in [0.15, 0.2) is 5.82 Å². The molecule has 4 nitrogen and oxygen atoms in total. The van der Waals surface area contributed by atoms with Crippen molar-refractivity contribution in [2.45, 2.75) is 38.0 Å². The van der Waals surface area contributed by atoms with Gasteiger partial charge in [0.1, 0.15) is 0 Å². The fourth-order valence-electron chi connectivity index (χ4n) is 2.91. The molecular formula is C15H24N4. The predicted molar refractivity (Wildman–Crippen MR) is 77.5 cm³/mol. The molecule has 0 aromatic carbocycles. The van der Waals surface area contributed by atoms with Crippen LogP contribution in [0.4, 0.5) is 5.82 Å². The molecule has 104 valence electrons. The summed E-state index contributed by atoms with van der Waals surface area (Å²) in [5.74, 6) is 2.52. The standard InChI is InChI=1S/C15H24N4/c1-19(10-8-12-7-9-16-11-12)15-6-5-14(17-18-15)13-3-2-4-13/h5-6,12-13,16H,2-4,7-11H2,1H3. The second-order valence-electron chi connectivity index (χ2n) is 6.01. The first-order valence-corrected chi connectivity index (χ1v) is 7.58. The van der Waals surface area contributed by atoms with Crippen LogP contribution in [0.2, 0.25) is 0 Å². The normalized spacial score (nSPS) is 23.3. The summed E-state index contributed by atoms with van der Waals surface area (Å²) in [5, 5.41) is 12.2. The number of hydrogen-bond acceptors (Lipinski definition) is 4. The summed E-state index contributed by atoms with van der Waals surface area (Å²) in [5.41, 5.74) is 1.18. The molecule has 1 unspecified atom stereocenters. The first-order chi connectivity index (χ1) is 9.33. The molecule has 1 aliphatic carbocycles. The van der Waals surface area contributed by atoms with Gasteiger partial charge >= 0.3 is 0 Å². The van der Waals surface area contributed by atoms with Crippen molar-refractivity contribution in [3.8, 4) is 0 Å². The zero-order valence-corrected chi connectivity index (χ0v) is 11.8. The summed E-state index contributed by atoms with van der Waals surface area (Å²) < 4.78 is 0. The summed E-state index contributed by atoms with van der Waals surface area (Å²) >= 11 is 0. The number of nitrogens with zero attached hydrogens (tertiary/aromatic N) is 3. The van der Waals surface area contributed by atoms with Crippen LogP contribution in [0.5, 0.6) is 0 Å². The van der Waals surface area contributed by atoms with Gasteiger partial charge in [0, 0.05) is 19.5 Å². The summed E-state index contributed by atoms with van der Waals surface area (Å²) in [6.07, 6.45) is 6.50. The molecule has 0 amide bonds. The molecular weight excluding hydrogens is 236 g/mol. The Morgan fingerprint density at radius 3 is 2.74 bits per heavy atom. The number of aromatic nitrogens is 2. The maximum Gasteiger partial charge on any atom is 0.150 e. The Morgan fingerprint density at radius 1 is 1.26 bits per heavy atom. The van der Waals surface area contributed by atoms with Gasteiger partial charge in [-0.25, -0.2) is 0 Å². The molecule has 1 aliphatic heterocycles. The van der Waals surface area contributed by atoms with Crippen molar-refractivity contribution in [3.05, 3.63) is 17.8 Å². The third-order valence-corrected chi connectivity index (χ3v) is 4.62. The smallest absolute Gasteiger partial charge is 0.150 e. The largest absolute Gasteiger partial charge is 0.358 e. The fourth-order valence-corrected chi connectivity index (χ4v) is 2.91. The Bertz CT molecular complexity index is 393. The highest BCUT2D eigenvalue weighted by Gasteiger charge is 2.21. The molecule has 1 saturated heterocycles. The minimum atomic E-state index is 0.677. The van der Waals surface area contributed by atoms with Crippen molar-refractivity contribution in [1.29, 1.82) is 0 Å². The molecule has 2 fully saturated rings. The lowest BCUT2D eigenvalue weighted by Crippen LogP contribution is -2.23. The number of rotatable bonds is 5. The van der Waals surface area contributed by atoms with Crippen LogP contribution in [-0.2, 0) is 0 Å². The van der Waals surface area contributed by atoms with Crippen LogP contribution in [-0.4, -0.2) is 36.9 Å². The van der Waals surface area contributed by atoms with E-state index in [0.29, 0.717) is 5.92 Å². The van der Waals surface area contributed by atoms with Crippen LogP contribution in [0.15, 0.2) is 12.1 Å². The molecule has 0 spiro atoms. The van der Waals surface area contributed by atoms with E-state index in [4.69, 9.17) is 0 Å². The molecule has 19 heavy (non-hydrogen) atoms. The fraction of sp³-hybridized carbons (Fsp3) is 0.733. The van der Waals surface area contributed by atoms with Crippen LogP contribution in [0.1, 0.15) is 43.7 Å². The maximum absolute atomic E-state index is 4.40. The molecule has 0 bridgehead atoms. The highest BCUT2D eigenvalue weighted by molar-refractivity contribution is 5.36. The van der Waals surface area contributed by atoms with Gasteiger partial charge in [0.25, 0.3) is 0 Å². The summed E-state index contributed by atoms with van der Waals surface area (Å²) in [4.78, 5) is 2.23. The Kier molecular flexibility index (Phi) is 3.97. The first-order valence-electron chi connectivity index (χ1n) is 7.58. The maximum atomic E-state index is 4.40. The van der Waals surface area contributed by atoms with Crippen LogP contribution in [0.3, 0.4) is 0 Å². The molecule has 1 aromatic rings. The van der Waals surface area contributed by atoms with E-state index in [2.05, 4.69) is 39.6 Å². The SMILES string of the molecule is CN(CCC1CCNC1)c1ccc(C2CCC2)nn1. The van der Waals surface area contributed by atoms with Crippen molar-refractivity contribution >= 4 is 5.82 Å². The predicted octanol–water partition coefficient (Wildman–Crippen LogP) is 2.18. The van der Waals surface area contributed by atoms with Crippen molar-refractivity contribution < 1.29 is 0 Å². The zero-order chi connectivity index (χ0) is 13.1. The highest BCUT2D eigenvalue weighted by Crippen LogP contribution is 2.35. The Morgan fingerprint density at radius 2 is 2.16 bits per heavy atom. The van der Waals surface area contributed by atoms with E-state index in [1.807, 2.05) is 0 Å². The van der Waals surface area contributed by atoms with Gasteiger partial charge in [-0.1, -0.05) is 6.42 Å². The molecule has 1 aromatic heterocycles. The monoisotopic (exact) mass is 260 g/mol. The van der Waals surface area contributed by atoms with Crippen LogP contribution >= 0.6 is 0 Å². The van der Waals surface area contributed by atoms with E-state index in [-0.39, 0.29) is 0 Å².